The molecule has 0 aliphatic carbocycles. The number of hydrogen-bond donors (Lipinski definition) is 1. The van der Waals surface area contributed by atoms with Crippen LogP contribution in [0.4, 0.5) is 0 Å². The zero-order valence-corrected chi connectivity index (χ0v) is 17.1. The number of piperidine rings is 1. The molecule has 1 fully saturated rings. The Kier molecular flexibility index (Phi) is 6.55. The van der Waals surface area contributed by atoms with Crippen molar-refractivity contribution in [1.82, 2.24) is 15.2 Å². The van der Waals surface area contributed by atoms with Crippen molar-refractivity contribution in [3.05, 3.63) is 40.7 Å². The van der Waals surface area contributed by atoms with Gasteiger partial charge >= 0.3 is 0 Å². The maximum atomic E-state index is 12.5. The maximum Gasteiger partial charge on any atom is 0.273 e. The zero-order chi connectivity index (χ0) is 19.4. The van der Waals surface area contributed by atoms with Crippen molar-refractivity contribution in [3.63, 3.8) is 0 Å². The molecule has 1 aromatic heterocycles. The third-order valence-electron chi connectivity index (χ3n) is 4.98. The number of hydrogen-bond acceptors (Lipinski definition) is 4. The molecule has 146 valence electrons. The molecular weight excluding hydrogens is 362 g/mol. The summed E-state index contributed by atoms with van der Waals surface area (Å²) in [6.07, 6.45) is 2.25. The third-order valence-corrected chi connectivity index (χ3v) is 5.24. The highest BCUT2D eigenvalue weighted by atomic mass is 35.5. The quantitative estimate of drug-likeness (QED) is 0.744. The summed E-state index contributed by atoms with van der Waals surface area (Å²) in [6.45, 7) is 10.4. The highest BCUT2D eigenvalue weighted by Gasteiger charge is 2.21. The molecule has 6 heteroatoms. The molecule has 2 unspecified atom stereocenters. The van der Waals surface area contributed by atoms with Gasteiger partial charge in [0.25, 0.3) is 5.91 Å². The summed E-state index contributed by atoms with van der Waals surface area (Å²) in [6, 6.07) is 7.21. The van der Waals surface area contributed by atoms with Gasteiger partial charge in [0.1, 0.15) is 5.76 Å². The lowest BCUT2D eigenvalue weighted by molar-refractivity contribution is 0.0941. The maximum absolute atomic E-state index is 12.5. The zero-order valence-electron chi connectivity index (χ0n) is 16.3. The highest BCUT2D eigenvalue weighted by molar-refractivity contribution is 6.30. The van der Waals surface area contributed by atoms with Crippen molar-refractivity contribution in [1.29, 1.82) is 0 Å². The van der Waals surface area contributed by atoms with Crippen LogP contribution in [0.3, 0.4) is 0 Å². The molecule has 1 N–H and O–H groups in total. The van der Waals surface area contributed by atoms with Crippen LogP contribution in [0.25, 0.3) is 11.5 Å². The van der Waals surface area contributed by atoms with Crippen LogP contribution in [0.5, 0.6) is 0 Å². The first-order valence-corrected chi connectivity index (χ1v) is 10.0. The van der Waals surface area contributed by atoms with Crippen LogP contribution in [-0.4, -0.2) is 42.0 Å². The normalized spacial score (nSPS) is 20.6. The Bertz CT molecular complexity index is 762. The van der Waals surface area contributed by atoms with Gasteiger partial charge in [-0.25, -0.2) is 4.98 Å². The number of amides is 1. The Labute approximate surface area is 166 Å². The predicted octanol–water partition coefficient (Wildman–Crippen LogP) is 4.40. The van der Waals surface area contributed by atoms with Crippen molar-refractivity contribution in [3.8, 4) is 11.5 Å². The van der Waals surface area contributed by atoms with E-state index in [0.717, 1.165) is 43.5 Å². The summed E-state index contributed by atoms with van der Waals surface area (Å²) < 4.78 is 5.66. The number of benzene rings is 1. The van der Waals surface area contributed by atoms with Gasteiger partial charge in [0, 0.05) is 30.2 Å². The Morgan fingerprint density at radius 3 is 2.59 bits per heavy atom. The molecule has 5 nitrogen and oxygen atoms in total. The average molecular weight is 390 g/mol. The number of halogens is 1. The number of rotatable bonds is 6. The standard InChI is InChI=1S/C21H28ClN3O2/c1-14-11-15(2)13-25(12-14)10-4-9-23-20(26)19-16(3)27-21(24-19)17-5-7-18(22)8-6-17/h5-8,14-15H,4,9-13H2,1-3H3,(H,23,26). The average Bonchev–Trinajstić information content (AvgIpc) is 3.00. The first-order valence-electron chi connectivity index (χ1n) is 9.66. The fourth-order valence-corrected chi connectivity index (χ4v) is 4.01. The van der Waals surface area contributed by atoms with Crippen LogP contribution in [0.2, 0.25) is 5.02 Å². The van der Waals surface area contributed by atoms with E-state index in [1.807, 2.05) is 12.1 Å². The first-order chi connectivity index (χ1) is 12.9. The topological polar surface area (TPSA) is 58.4 Å². The van der Waals surface area contributed by atoms with Crippen molar-refractivity contribution < 1.29 is 9.21 Å². The van der Waals surface area contributed by atoms with Crippen molar-refractivity contribution in [2.75, 3.05) is 26.2 Å². The Balaban J connectivity index is 1.50. The molecule has 0 radical (unpaired) electrons. The molecule has 3 rings (SSSR count). The number of aryl methyl sites for hydroxylation is 1. The number of nitrogens with zero attached hydrogens (tertiary/aromatic N) is 2. The van der Waals surface area contributed by atoms with E-state index in [1.54, 1.807) is 19.1 Å². The predicted molar refractivity (Wildman–Crippen MR) is 108 cm³/mol. The van der Waals surface area contributed by atoms with E-state index in [1.165, 1.54) is 6.42 Å². The number of aromatic nitrogens is 1. The number of carbonyl (C=O) groups is 1. The van der Waals surface area contributed by atoms with Gasteiger partial charge in [-0.15, -0.1) is 0 Å². The monoisotopic (exact) mass is 389 g/mol. The summed E-state index contributed by atoms with van der Waals surface area (Å²) in [7, 11) is 0. The molecule has 0 bridgehead atoms. The van der Waals surface area contributed by atoms with Gasteiger partial charge in [-0.05, 0) is 62.4 Å². The van der Waals surface area contributed by atoms with Crippen molar-refractivity contribution in [2.45, 2.75) is 33.6 Å². The number of likely N-dealkylation sites (tertiary alicyclic amines) is 1. The Hall–Kier alpha value is -1.85. The Morgan fingerprint density at radius 2 is 1.93 bits per heavy atom. The molecule has 1 saturated heterocycles. The molecular formula is C21H28ClN3O2. The third kappa shape index (κ3) is 5.33. The summed E-state index contributed by atoms with van der Waals surface area (Å²) in [5, 5.41) is 3.62. The fraction of sp³-hybridized carbons (Fsp3) is 0.524. The van der Waals surface area contributed by atoms with E-state index < -0.39 is 0 Å². The van der Waals surface area contributed by atoms with E-state index >= 15 is 0 Å². The molecule has 0 saturated carbocycles. The molecule has 27 heavy (non-hydrogen) atoms. The van der Waals surface area contributed by atoms with Crippen molar-refractivity contribution in [2.24, 2.45) is 11.8 Å². The van der Waals surface area contributed by atoms with Crippen LogP contribution in [-0.2, 0) is 0 Å². The molecule has 1 aliphatic rings. The lowest BCUT2D eigenvalue weighted by Gasteiger charge is -2.34. The molecule has 1 aromatic carbocycles. The van der Waals surface area contributed by atoms with Gasteiger partial charge in [0.05, 0.1) is 0 Å². The van der Waals surface area contributed by atoms with Crippen LogP contribution >= 0.6 is 11.6 Å². The minimum Gasteiger partial charge on any atom is -0.441 e. The lowest BCUT2D eigenvalue weighted by atomic mass is 9.92. The summed E-state index contributed by atoms with van der Waals surface area (Å²) >= 11 is 5.91. The smallest absolute Gasteiger partial charge is 0.273 e. The van der Waals surface area contributed by atoms with Gasteiger partial charge in [-0.1, -0.05) is 25.4 Å². The van der Waals surface area contributed by atoms with Gasteiger partial charge in [0.15, 0.2) is 5.69 Å². The second-order valence-electron chi connectivity index (χ2n) is 7.75. The molecule has 1 amide bonds. The minimum atomic E-state index is -0.183. The summed E-state index contributed by atoms with van der Waals surface area (Å²) in [4.78, 5) is 19.3. The van der Waals surface area contributed by atoms with Crippen LogP contribution in [0.1, 0.15) is 42.9 Å². The van der Waals surface area contributed by atoms with Gasteiger partial charge in [0.2, 0.25) is 5.89 Å². The fourth-order valence-electron chi connectivity index (χ4n) is 3.89. The second-order valence-corrected chi connectivity index (χ2v) is 8.18. The summed E-state index contributed by atoms with van der Waals surface area (Å²) in [5.74, 6) is 2.29. The molecule has 1 aliphatic heterocycles. The molecule has 2 atom stereocenters. The van der Waals surface area contributed by atoms with E-state index in [4.69, 9.17) is 16.0 Å². The van der Waals surface area contributed by atoms with E-state index in [0.29, 0.717) is 28.9 Å². The molecule has 0 spiro atoms. The number of nitrogens with one attached hydrogen (secondary N) is 1. The number of oxazole rings is 1. The van der Waals surface area contributed by atoms with E-state index in [2.05, 4.69) is 29.0 Å². The van der Waals surface area contributed by atoms with Gasteiger partial charge < -0.3 is 14.6 Å². The van der Waals surface area contributed by atoms with Crippen LogP contribution in [0.15, 0.2) is 28.7 Å². The largest absolute Gasteiger partial charge is 0.441 e. The van der Waals surface area contributed by atoms with E-state index in [9.17, 15) is 4.79 Å². The first kappa shape index (κ1) is 19.9. The van der Waals surface area contributed by atoms with Crippen molar-refractivity contribution >= 4 is 17.5 Å². The molecule has 2 aromatic rings. The minimum absolute atomic E-state index is 0.183. The second kappa shape index (κ2) is 8.89. The van der Waals surface area contributed by atoms with Crippen LogP contribution in [0, 0.1) is 18.8 Å². The number of carbonyl (C=O) groups excluding carboxylic acids is 1. The molecule has 2 heterocycles. The SMILES string of the molecule is Cc1oc(-c2ccc(Cl)cc2)nc1C(=O)NCCCN1CC(C)CC(C)C1. The van der Waals surface area contributed by atoms with Gasteiger partial charge in [-0.3, -0.25) is 4.79 Å². The highest BCUT2D eigenvalue weighted by Crippen LogP contribution is 2.23. The van der Waals surface area contributed by atoms with Gasteiger partial charge in [-0.2, -0.15) is 0 Å². The van der Waals surface area contributed by atoms with Crippen LogP contribution < -0.4 is 5.32 Å². The Morgan fingerprint density at radius 1 is 1.26 bits per heavy atom. The summed E-state index contributed by atoms with van der Waals surface area (Å²) in [5.41, 5.74) is 1.15. The lowest BCUT2D eigenvalue weighted by Crippen LogP contribution is -2.40. The van der Waals surface area contributed by atoms with E-state index in [-0.39, 0.29) is 5.91 Å².